The molecule has 0 radical (unpaired) electrons. The van der Waals surface area contributed by atoms with Crippen molar-refractivity contribution < 1.29 is 8.42 Å². The monoisotopic (exact) mass is 558 g/mol. The van der Waals surface area contributed by atoms with Gasteiger partial charge in [-0.2, -0.15) is 0 Å². The predicted molar refractivity (Wildman–Crippen MR) is 156 cm³/mol. The van der Waals surface area contributed by atoms with Crippen LogP contribution >= 0.6 is 22.7 Å². The summed E-state index contributed by atoms with van der Waals surface area (Å²) >= 11 is 3.60. The molecule has 0 N–H and O–H groups in total. The molecule has 0 fully saturated rings. The van der Waals surface area contributed by atoms with Crippen molar-refractivity contribution in [3.8, 4) is 20.9 Å². The molecule has 6 aromatic rings. The van der Waals surface area contributed by atoms with Gasteiger partial charge in [0.25, 0.3) is 0 Å². The fraction of sp³-hybridized carbons (Fsp3) is 0.0312. The Balaban J connectivity index is 1.36. The highest BCUT2D eigenvalue weighted by Crippen LogP contribution is 2.65. The fourth-order valence-electron chi connectivity index (χ4n) is 6.80. The maximum Gasteiger partial charge on any atom is 0.207 e. The number of para-hydroxylation sites is 1. The molecule has 2 aliphatic heterocycles. The van der Waals surface area contributed by atoms with Gasteiger partial charge in [0.2, 0.25) is 9.84 Å². The summed E-state index contributed by atoms with van der Waals surface area (Å²) in [4.78, 5) is 10.6. The third kappa shape index (κ3) is 2.49. The standard InChI is InChI=1S/C32H18N2O2S3/c35-39(36)27-10-4-1-6-20(27)21-18-19(11-12-28(21)39)34-26-9-3-2-7-22(26)32(25-8-5-15-33-31(25)34)23-13-16-37-29(23)30-24(32)14-17-38-30/h1-18H. The third-order valence-corrected chi connectivity index (χ3v) is 12.1. The molecule has 0 atom stereocenters. The molecule has 0 unspecified atom stereocenters. The van der Waals surface area contributed by atoms with Crippen molar-refractivity contribution in [2.45, 2.75) is 15.2 Å². The summed E-state index contributed by atoms with van der Waals surface area (Å²) in [6, 6.07) is 30.3. The molecule has 1 spiro atoms. The zero-order chi connectivity index (χ0) is 25.9. The summed E-state index contributed by atoms with van der Waals surface area (Å²) in [7, 11) is -3.54. The van der Waals surface area contributed by atoms with E-state index in [4.69, 9.17) is 4.98 Å². The first-order valence-corrected chi connectivity index (χ1v) is 15.9. The van der Waals surface area contributed by atoms with E-state index >= 15 is 0 Å². The van der Waals surface area contributed by atoms with Gasteiger partial charge in [-0.05, 0) is 76.0 Å². The number of fused-ring (bicyclic) bond motifs is 12. The Kier molecular flexibility index (Phi) is 4.10. The number of rotatable bonds is 1. The summed E-state index contributed by atoms with van der Waals surface area (Å²) in [5.74, 6) is 0.862. The number of aromatic nitrogens is 1. The minimum Gasteiger partial charge on any atom is -0.294 e. The lowest BCUT2D eigenvalue weighted by molar-refractivity contribution is 0.598. The summed E-state index contributed by atoms with van der Waals surface area (Å²) in [6.07, 6.45) is 1.85. The Labute approximate surface area is 233 Å². The van der Waals surface area contributed by atoms with Crippen LogP contribution in [0.2, 0.25) is 0 Å². The van der Waals surface area contributed by atoms with Gasteiger partial charge in [0.05, 0.1) is 20.9 Å². The number of hydrogen-bond acceptors (Lipinski definition) is 6. The number of thiophene rings is 2. The summed E-state index contributed by atoms with van der Waals surface area (Å²) in [6.45, 7) is 0. The van der Waals surface area contributed by atoms with E-state index in [0.717, 1.165) is 33.9 Å². The van der Waals surface area contributed by atoms with Crippen molar-refractivity contribution in [2.24, 2.45) is 0 Å². The molecule has 4 nitrogen and oxygen atoms in total. The Bertz CT molecular complexity index is 2030. The largest absolute Gasteiger partial charge is 0.294 e. The minimum atomic E-state index is -3.54. The maximum absolute atomic E-state index is 13.3. The van der Waals surface area contributed by atoms with Gasteiger partial charge in [-0.1, -0.05) is 42.5 Å². The summed E-state index contributed by atoms with van der Waals surface area (Å²) < 4.78 is 26.6. The van der Waals surface area contributed by atoms with Crippen LogP contribution in [0.4, 0.5) is 17.2 Å². The molecule has 3 aromatic carbocycles. The fourth-order valence-corrected chi connectivity index (χ4v) is 10.6. The van der Waals surface area contributed by atoms with Crippen molar-refractivity contribution in [3.63, 3.8) is 0 Å². The van der Waals surface area contributed by atoms with Gasteiger partial charge < -0.3 is 0 Å². The molecule has 0 bridgehead atoms. The summed E-state index contributed by atoms with van der Waals surface area (Å²) in [5.41, 5.74) is 7.93. The van der Waals surface area contributed by atoms with Gasteiger partial charge in [-0.3, -0.25) is 4.90 Å². The highest BCUT2D eigenvalue weighted by molar-refractivity contribution is 7.92. The SMILES string of the molecule is O=S1(=O)c2ccccc2-c2cc(N3c4ccccc4C4(c5cccnc53)c3ccsc3-c3sccc34)ccc21. The average molecular weight is 559 g/mol. The number of sulfone groups is 1. The summed E-state index contributed by atoms with van der Waals surface area (Å²) in [5, 5.41) is 4.39. The van der Waals surface area contributed by atoms with Crippen LogP contribution in [-0.2, 0) is 15.3 Å². The van der Waals surface area contributed by atoms with E-state index in [2.05, 4.69) is 58.1 Å². The molecule has 9 rings (SSSR count). The quantitative estimate of drug-likeness (QED) is 0.204. The highest BCUT2D eigenvalue weighted by Gasteiger charge is 2.53. The van der Waals surface area contributed by atoms with Gasteiger partial charge in [0.1, 0.15) is 5.82 Å². The number of pyridine rings is 1. The van der Waals surface area contributed by atoms with E-state index in [1.165, 1.54) is 26.4 Å². The second-order valence-electron chi connectivity index (χ2n) is 9.98. The lowest BCUT2D eigenvalue weighted by Crippen LogP contribution is -2.36. The van der Waals surface area contributed by atoms with Crippen molar-refractivity contribution in [1.29, 1.82) is 0 Å². The van der Waals surface area contributed by atoms with E-state index < -0.39 is 15.3 Å². The first-order chi connectivity index (χ1) is 19.1. The van der Waals surface area contributed by atoms with Gasteiger partial charge in [0.15, 0.2) is 0 Å². The van der Waals surface area contributed by atoms with Crippen molar-refractivity contribution >= 4 is 49.7 Å². The zero-order valence-corrected chi connectivity index (χ0v) is 22.8. The smallest absolute Gasteiger partial charge is 0.207 e. The average Bonchev–Trinajstić information content (AvgIpc) is 3.73. The third-order valence-electron chi connectivity index (χ3n) is 8.27. The van der Waals surface area contributed by atoms with Crippen LogP contribution in [-0.4, -0.2) is 13.4 Å². The van der Waals surface area contributed by atoms with Gasteiger partial charge in [-0.15, -0.1) is 22.7 Å². The van der Waals surface area contributed by atoms with Gasteiger partial charge in [-0.25, -0.2) is 13.4 Å². The van der Waals surface area contributed by atoms with Crippen LogP contribution in [0.3, 0.4) is 0 Å². The van der Waals surface area contributed by atoms with Crippen LogP contribution in [0.25, 0.3) is 20.9 Å². The maximum atomic E-state index is 13.3. The normalized spacial score (nSPS) is 16.3. The first kappa shape index (κ1) is 21.8. The zero-order valence-electron chi connectivity index (χ0n) is 20.3. The molecular formula is C32H18N2O2S3. The molecule has 0 saturated carbocycles. The first-order valence-electron chi connectivity index (χ1n) is 12.6. The lowest BCUT2D eigenvalue weighted by Gasteiger charge is -2.43. The molecule has 1 aliphatic carbocycles. The van der Waals surface area contributed by atoms with E-state index in [1.54, 1.807) is 40.9 Å². The lowest BCUT2D eigenvalue weighted by atomic mass is 9.66. The van der Waals surface area contributed by atoms with E-state index in [9.17, 15) is 8.42 Å². The molecule has 0 amide bonds. The molecule has 0 saturated heterocycles. The van der Waals surface area contributed by atoms with Crippen LogP contribution in [0.5, 0.6) is 0 Å². The second-order valence-corrected chi connectivity index (χ2v) is 13.7. The molecule has 7 heteroatoms. The molecular weight excluding hydrogens is 541 g/mol. The van der Waals surface area contributed by atoms with Gasteiger partial charge >= 0.3 is 0 Å². The molecule has 39 heavy (non-hydrogen) atoms. The highest BCUT2D eigenvalue weighted by atomic mass is 32.2. The van der Waals surface area contributed by atoms with Crippen molar-refractivity contribution in [2.75, 3.05) is 4.90 Å². The number of nitrogens with zero attached hydrogens (tertiary/aromatic N) is 2. The predicted octanol–water partition coefficient (Wildman–Crippen LogP) is 8.16. The molecule has 3 aliphatic rings. The minimum absolute atomic E-state index is 0.358. The van der Waals surface area contributed by atoms with Gasteiger partial charge in [0, 0.05) is 38.3 Å². The van der Waals surface area contributed by atoms with Crippen LogP contribution in [0, 0.1) is 0 Å². The second kappa shape index (κ2) is 7.33. The van der Waals surface area contributed by atoms with E-state index in [0.29, 0.717) is 9.79 Å². The van der Waals surface area contributed by atoms with Crippen LogP contribution in [0.15, 0.2) is 118 Å². The van der Waals surface area contributed by atoms with Crippen molar-refractivity contribution in [1.82, 2.24) is 4.98 Å². The Morgan fingerprint density at radius 1 is 0.667 bits per heavy atom. The number of hydrogen-bond donors (Lipinski definition) is 0. The van der Waals surface area contributed by atoms with Crippen molar-refractivity contribution in [3.05, 3.63) is 130 Å². The van der Waals surface area contributed by atoms with E-state index in [-0.39, 0.29) is 0 Å². The topological polar surface area (TPSA) is 50.3 Å². The van der Waals surface area contributed by atoms with Crippen LogP contribution in [0.1, 0.15) is 22.3 Å². The number of benzene rings is 3. The molecule has 5 heterocycles. The Hall–Kier alpha value is -4.04. The van der Waals surface area contributed by atoms with E-state index in [1.807, 2.05) is 36.5 Å². The Morgan fingerprint density at radius 3 is 2.18 bits per heavy atom. The molecule has 3 aromatic heterocycles. The van der Waals surface area contributed by atoms with Crippen LogP contribution < -0.4 is 4.90 Å². The Morgan fingerprint density at radius 2 is 1.36 bits per heavy atom. The number of anilines is 3. The molecule has 186 valence electrons.